The summed E-state index contributed by atoms with van der Waals surface area (Å²) < 4.78 is 26.1. The maximum absolute atomic E-state index is 12.5. The van der Waals surface area contributed by atoms with Gasteiger partial charge in [-0.2, -0.15) is 0 Å². The van der Waals surface area contributed by atoms with Gasteiger partial charge in [-0.3, -0.25) is 14.5 Å². The van der Waals surface area contributed by atoms with E-state index in [0.717, 1.165) is 29.1 Å². The fourth-order valence-corrected chi connectivity index (χ4v) is 4.13. The average molecular weight is 431 g/mol. The van der Waals surface area contributed by atoms with E-state index >= 15 is 0 Å². The van der Waals surface area contributed by atoms with Crippen molar-refractivity contribution in [1.29, 1.82) is 0 Å². The van der Waals surface area contributed by atoms with Crippen LogP contribution in [-0.4, -0.2) is 36.6 Å². The molecule has 29 heavy (non-hydrogen) atoms. The van der Waals surface area contributed by atoms with E-state index in [2.05, 4.69) is 20.0 Å². The Bertz CT molecular complexity index is 1070. The summed E-state index contributed by atoms with van der Waals surface area (Å²) in [5.41, 5.74) is 2.54. The third kappa shape index (κ3) is 5.85. The lowest BCUT2D eigenvalue weighted by molar-refractivity contribution is 0.0954. The molecule has 1 amide bonds. The van der Waals surface area contributed by atoms with Gasteiger partial charge in [-0.25, -0.2) is 13.4 Å². The molecule has 152 valence electrons. The number of hydrogen-bond acceptors (Lipinski definition) is 6. The molecular formula is C20H22N4O3S2. The van der Waals surface area contributed by atoms with Crippen molar-refractivity contribution in [1.82, 2.24) is 15.3 Å². The van der Waals surface area contributed by atoms with Gasteiger partial charge in [0.2, 0.25) is 10.0 Å². The van der Waals surface area contributed by atoms with E-state index < -0.39 is 10.0 Å². The van der Waals surface area contributed by atoms with Gasteiger partial charge in [-0.1, -0.05) is 12.1 Å². The van der Waals surface area contributed by atoms with Gasteiger partial charge in [0.1, 0.15) is 0 Å². The fourth-order valence-electron chi connectivity index (χ4n) is 2.63. The lowest BCUT2D eigenvalue weighted by Gasteiger charge is -2.11. The highest BCUT2D eigenvalue weighted by Gasteiger charge is 2.15. The predicted octanol–water partition coefficient (Wildman–Crippen LogP) is 3.33. The number of aryl methyl sites for hydroxylation is 1. The molecule has 0 unspecified atom stereocenters. The fraction of sp³-hybridized carbons (Fsp3) is 0.250. The number of benzene rings is 1. The zero-order valence-corrected chi connectivity index (χ0v) is 17.6. The molecule has 2 N–H and O–H groups in total. The third-order valence-electron chi connectivity index (χ3n) is 4.20. The maximum atomic E-state index is 12.5. The molecule has 0 bridgehead atoms. The minimum absolute atomic E-state index is 0.0573. The van der Waals surface area contributed by atoms with Crippen molar-refractivity contribution >= 4 is 33.0 Å². The van der Waals surface area contributed by atoms with Crippen LogP contribution in [0.5, 0.6) is 0 Å². The first kappa shape index (κ1) is 20.9. The summed E-state index contributed by atoms with van der Waals surface area (Å²) in [7, 11) is -3.45. The van der Waals surface area contributed by atoms with Crippen LogP contribution in [0.1, 0.15) is 28.7 Å². The highest BCUT2D eigenvalue weighted by atomic mass is 32.2. The first-order chi connectivity index (χ1) is 14.0. The van der Waals surface area contributed by atoms with Crippen LogP contribution in [0.4, 0.5) is 5.69 Å². The number of thiazole rings is 1. The average Bonchev–Trinajstić information content (AvgIpc) is 3.21. The SMILES string of the molecule is CCS(=O)(=O)Nc1ccccc1C(=O)NCCCc1nc(-c2ccncc2)cs1. The van der Waals surface area contributed by atoms with Crippen LogP contribution in [0.3, 0.4) is 0 Å². The number of nitrogens with one attached hydrogen (secondary N) is 2. The summed E-state index contributed by atoms with van der Waals surface area (Å²) >= 11 is 1.59. The molecule has 0 radical (unpaired) electrons. The number of pyridine rings is 1. The van der Waals surface area contributed by atoms with E-state index in [1.807, 2.05) is 17.5 Å². The Balaban J connectivity index is 1.53. The van der Waals surface area contributed by atoms with E-state index in [9.17, 15) is 13.2 Å². The molecule has 3 rings (SSSR count). The van der Waals surface area contributed by atoms with E-state index in [4.69, 9.17) is 0 Å². The largest absolute Gasteiger partial charge is 0.352 e. The van der Waals surface area contributed by atoms with Crippen LogP contribution < -0.4 is 10.0 Å². The highest BCUT2D eigenvalue weighted by Crippen LogP contribution is 2.22. The second-order valence-electron chi connectivity index (χ2n) is 6.27. The molecule has 2 heterocycles. The number of aromatic nitrogens is 2. The Hall–Kier alpha value is -2.78. The summed E-state index contributed by atoms with van der Waals surface area (Å²) in [6.07, 6.45) is 4.96. The number of para-hydroxylation sites is 1. The van der Waals surface area contributed by atoms with Gasteiger partial charge in [-0.15, -0.1) is 11.3 Å². The van der Waals surface area contributed by atoms with Crippen LogP contribution in [0.25, 0.3) is 11.3 Å². The smallest absolute Gasteiger partial charge is 0.253 e. The second kappa shape index (κ2) is 9.62. The normalized spacial score (nSPS) is 11.2. The van der Waals surface area contributed by atoms with Gasteiger partial charge in [-0.05, 0) is 37.6 Å². The van der Waals surface area contributed by atoms with Crippen molar-refractivity contribution in [3.63, 3.8) is 0 Å². The topological polar surface area (TPSA) is 101 Å². The highest BCUT2D eigenvalue weighted by molar-refractivity contribution is 7.92. The Morgan fingerprint density at radius 3 is 2.66 bits per heavy atom. The Labute approximate surface area is 174 Å². The number of carbonyl (C=O) groups is 1. The lowest BCUT2D eigenvalue weighted by Crippen LogP contribution is -2.26. The zero-order valence-electron chi connectivity index (χ0n) is 16.0. The molecule has 0 aliphatic rings. The summed E-state index contributed by atoms with van der Waals surface area (Å²) in [6.45, 7) is 2.02. The minimum atomic E-state index is -3.45. The van der Waals surface area contributed by atoms with Crippen molar-refractivity contribution in [3.8, 4) is 11.3 Å². The zero-order chi connectivity index (χ0) is 20.7. The molecule has 0 aliphatic carbocycles. The molecule has 2 aromatic heterocycles. The summed E-state index contributed by atoms with van der Waals surface area (Å²) in [4.78, 5) is 21.1. The molecule has 0 fully saturated rings. The number of anilines is 1. The van der Waals surface area contributed by atoms with E-state index in [1.54, 1.807) is 54.9 Å². The molecule has 0 aliphatic heterocycles. The van der Waals surface area contributed by atoms with E-state index in [0.29, 0.717) is 12.1 Å². The van der Waals surface area contributed by atoms with Gasteiger partial charge in [0.05, 0.1) is 27.7 Å². The molecule has 9 heteroatoms. The molecule has 3 aromatic rings. The van der Waals surface area contributed by atoms with Gasteiger partial charge < -0.3 is 5.32 Å². The minimum Gasteiger partial charge on any atom is -0.352 e. The molecule has 1 aromatic carbocycles. The van der Waals surface area contributed by atoms with Gasteiger partial charge in [0.15, 0.2) is 0 Å². The number of sulfonamides is 1. The molecule has 0 saturated carbocycles. The standard InChI is InChI=1S/C20H22N4O3S2/c1-2-29(26,27)24-17-7-4-3-6-16(17)20(25)22-11-5-8-19-23-18(14-28-19)15-9-12-21-13-10-15/h3-4,6-7,9-10,12-14,24H,2,5,8,11H2,1H3,(H,22,25). The molecule has 0 saturated heterocycles. The summed E-state index contributed by atoms with van der Waals surface area (Å²) in [5.74, 6) is -0.367. The number of rotatable bonds is 9. The number of amides is 1. The Morgan fingerprint density at radius 2 is 1.90 bits per heavy atom. The van der Waals surface area contributed by atoms with E-state index in [-0.39, 0.29) is 17.3 Å². The Kier molecular flexibility index (Phi) is 6.95. The number of nitrogens with zero attached hydrogens (tertiary/aromatic N) is 2. The second-order valence-corrected chi connectivity index (χ2v) is 9.23. The van der Waals surface area contributed by atoms with Crippen molar-refractivity contribution in [2.45, 2.75) is 19.8 Å². The van der Waals surface area contributed by atoms with Gasteiger partial charge in [0, 0.05) is 36.3 Å². The predicted molar refractivity (Wildman–Crippen MR) is 116 cm³/mol. The first-order valence-electron chi connectivity index (χ1n) is 9.21. The number of hydrogen-bond donors (Lipinski definition) is 2. The molecule has 0 spiro atoms. The van der Waals surface area contributed by atoms with Crippen molar-refractivity contribution in [2.75, 3.05) is 17.0 Å². The summed E-state index contributed by atoms with van der Waals surface area (Å²) in [6, 6.07) is 10.4. The van der Waals surface area contributed by atoms with Crippen molar-refractivity contribution in [2.24, 2.45) is 0 Å². The maximum Gasteiger partial charge on any atom is 0.253 e. The molecule has 7 nitrogen and oxygen atoms in total. The van der Waals surface area contributed by atoms with Crippen LogP contribution in [0, 0.1) is 0 Å². The monoisotopic (exact) mass is 430 g/mol. The molecule has 0 atom stereocenters. The van der Waals surface area contributed by atoms with Crippen LogP contribution in [-0.2, 0) is 16.4 Å². The summed E-state index contributed by atoms with van der Waals surface area (Å²) in [5, 5.41) is 5.86. The number of carbonyl (C=O) groups excluding carboxylic acids is 1. The van der Waals surface area contributed by atoms with Crippen LogP contribution >= 0.6 is 11.3 Å². The van der Waals surface area contributed by atoms with Crippen molar-refractivity contribution in [3.05, 3.63) is 64.7 Å². The molecular weight excluding hydrogens is 408 g/mol. The quantitative estimate of drug-likeness (QED) is 0.507. The van der Waals surface area contributed by atoms with Crippen molar-refractivity contribution < 1.29 is 13.2 Å². The van der Waals surface area contributed by atoms with Gasteiger partial charge >= 0.3 is 0 Å². The first-order valence-corrected chi connectivity index (χ1v) is 11.7. The lowest BCUT2D eigenvalue weighted by atomic mass is 10.1. The van der Waals surface area contributed by atoms with E-state index in [1.165, 1.54) is 0 Å². The van der Waals surface area contributed by atoms with Crippen LogP contribution in [0.2, 0.25) is 0 Å². The van der Waals surface area contributed by atoms with Gasteiger partial charge in [0.25, 0.3) is 5.91 Å². The Morgan fingerprint density at radius 1 is 1.14 bits per heavy atom. The van der Waals surface area contributed by atoms with Crippen LogP contribution in [0.15, 0.2) is 54.2 Å². The third-order valence-corrected chi connectivity index (χ3v) is 6.40.